The average Bonchev–Trinajstić information content (AvgIpc) is 2.42. The molecule has 20 heavy (non-hydrogen) atoms. The third-order valence-electron chi connectivity index (χ3n) is 2.71. The first-order chi connectivity index (χ1) is 9.47. The molecule has 102 valence electrons. The van der Waals surface area contributed by atoms with Crippen molar-refractivity contribution in [3.8, 4) is 0 Å². The predicted molar refractivity (Wildman–Crippen MR) is 72.2 cm³/mol. The number of aryl methyl sites for hydroxylation is 1. The second kappa shape index (κ2) is 5.48. The van der Waals surface area contributed by atoms with Crippen molar-refractivity contribution < 1.29 is 14.1 Å². The van der Waals surface area contributed by atoms with E-state index in [4.69, 9.17) is 0 Å². The first-order valence-corrected chi connectivity index (χ1v) is 5.79. The molecule has 0 spiro atoms. The SMILES string of the molecule is Cc1ccc(NC(=O)c2ccc([N+](=O)[O-])cc2)c(F)c1. The van der Waals surface area contributed by atoms with Crippen molar-refractivity contribution in [1.82, 2.24) is 0 Å². The van der Waals surface area contributed by atoms with Crippen LogP contribution in [0.2, 0.25) is 0 Å². The number of anilines is 1. The molecule has 0 fully saturated rings. The zero-order chi connectivity index (χ0) is 14.7. The maximum Gasteiger partial charge on any atom is 0.269 e. The Morgan fingerprint density at radius 1 is 1.20 bits per heavy atom. The Labute approximate surface area is 114 Å². The summed E-state index contributed by atoms with van der Waals surface area (Å²) >= 11 is 0. The minimum absolute atomic E-state index is 0.0685. The van der Waals surface area contributed by atoms with Crippen molar-refractivity contribution >= 4 is 17.3 Å². The first kappa shape index (κ1) is 13.7. The van der Waals surface area contributed by atoms with Crippen LogP contribution in [0.4, 0.5) is 15.8 Å². The Balaban J connectivity index is 2.17. The number of nitro benzene ring substituents is 1. The third-order valence-corrected chi connectivity index (χ3v) is 2.71. The van der Waals surface area contributed by atoms with Crippen molar-refractivity contribution in [3.63, 3.8) is 0 Å². The van der Waals surface area contributed by atoms with E-state index in [1.807, 2.05) is 0 Å². The summed E-state index contributed by atoms with van der Waals surface area (Å²) in [6.45, 7) is 1.74. The van der Waals surface area contributed by atoms with Gasteiger partial charge in [0.05, 0.1) is 10.6 Å². The first-order valence-electron chi connectivity index (χ1n) is 5.79. The monoisotopic (exact) mass is 274 g/mol. The van der Waals surface area contributed by atoms with E-state index in [1.165, 1.54) is 36.4 Å². The van der Waals surface area contributed by atoms with E-state index in [2.05, 4.69) is 5.32 Å². The van der Waals surface area contributed by atoms with Crippen LogP contribution in [-0.4, -0.2) is 10.8 Å². The molecule has 0 bridgehead atoms. The summed E-state index contributed by atoms with van der Waals surface area (Å²) in [5.41, 5.74) is 0.924. The molecular weight excluding hydrogens is 263 g/mol. The number of halogens is 1. The van der Waals surface area contributed by atoms with Crippen LogP contribution in [0.5, 0.6) is 0 Å². The number of nitrogens with one attached hydrogen (secondary N) is 1. The van der Waals surface area contributed by atoms with E-state index in [9.17, 15) is 19.3 Å². The molecule has 2 rings (SSSR count). The Morgan fingerprint density at radius 2 is 1.85 bits per heavy atom. The second-order valence-electron chi connectivity index (χ2n) is 4.24. The molecule has 0 aliphatic heterocycles. The highest BCUT2D eigenvalue weighted by Gasteiger charge is 2.11. The van der Waals surface area contributed by atoms with Gasteiger partial charge < -0.3 is 5.32 Å². The molecule has 6 heteroatoms. The van der Waals surface area contributed by atoms with Gasteiger partial charge in [0.2, 0.25) is 0 Å². The molecule has 0 radical (unpaired) electrons. The van der Waals surface area contributed by atoms with Gasteiger partial charge in [-0.05, 0) is 36.8 Å². The van der Waals surface area contributed by atoms with Gasteiger partial charge in [0.25, 0.3) is 11.6 Å². The lowest BCUT2D eigenvalue weighted by molar-refractivity contribution is -0.384. The lowest BCUT2D eigenvalue weighted by atomic mass is 10.1. The third kappa shape index (κ3) is 2.97. The summed E-state index contributed by atoms with van der Waals surface area (Å²) in [4.78, 5) is 21.8. The van der Waals surface area contributed by atoms with Crippen molar-refractivity contribution in [1.29, 1.82) is 0 Å². The normalized spacial score (nSPS) is 10.1. The van der Waals surface area contributed by atoms with Gasteiger partial charge in [-0.25, -0.2) is 4.39 Å². The molecular formula is C14H11FN2O3. The van der Waals surface area contributed by atoms with E-state index in [0.717, 1.165) is 5.56 Å². The summed E-state index contributed by atoms with van der Waals surface area (Å²) in [6, 6.07) is 9.54. The van der Waals surface area contributed by atoms with Crippen molar-refractivity contribution in [2.45, 2.75) is 6.92 Å². The van der Waals surface area contributed by atoms with Gasteiger partial charge in [0.1, 0.15) is 5.82 Å². The second-order valence-corrected chi connectivity index (χ2v) is 4.24. The predicted octanol–water partition coefficient (Wildman–Crippen LogP) is 3.29. The fourth-order valence-corrected chi connectivity index (χ4v) is 1.65. The van der Waals surface area contributed by atoms with Crippen molar-refractivity contribution in [2.24, 2.45) is 0 Å². The van der Waals surface area contributed by atoms with Gasteiger partial charge in [-0.15, -0.1) is 0 Å². The highest BCUT2D eigenvalue weighted by atomic mass is 19.1. The van der Waals surface area contributed by atoms with Crippen LogP contribution in [0.25, 0.3) is 0 Å². The number of nitrogens with zero attached hydrogens (tertiary/aromatic N) is 1. The molecule has 0 unspecified atom stereocenters. The topological polar surface area (TPSA) is 72.2 Å². The van der Waals surface area contributed by atoms with Crippen molar-refractivity contribution in [2.75, 3.05) is 5.32 Å². The molecule has 2 aromatic rings. The van der Waals surface area contributed by atoms with Crippen LogP contribution in [0.1, 0.15) is 15.9 Å². The summed E-state index contributed by atoms with van der Waals surface area (Å²) < 4.78 is 13.6. The maximum absolute atomic E-state index is 13.6. The van der Waals surface area contributed by atoms with Crippen LogP contribution in [0.3, 0.4) is 0 Å². The van der Waals surface area contributed by atoms with E-state index in [1.54, 1.807) is 13.0 Å². The number of nitro groups is 1. The molecule has 0 saturated heterocycles. The number of rotatable bonds is 3. The average molecular weight is 274 g/mol. The van der Waals surface area contributed by atoms with Gasteiger partial charge in [-0.1, -0.05) is 6.07 Å². The van der Waals surface area contributed by atoms with Gasteiger partial charge in [0.15, 0.2) is 0 Å². The van der Waals surface area contributed by atoms with E-state index in [0.29, 0.717) is 0 Å². The minimum Gasteiger partial charge on any atom is -0.319 e. The quantitative estimate of drug-likeness (QED) is 0.689. The molecule has 5 nitrogen and oxygen atoms in total. The van der Waals surface area contributed by atoms with Gasteiger partial charge >= 0.3 is 0 Å². The van der Waals surface area contributed by atoms with Crippen LogP contribution in [0, 0.1) is 22.9 Å². The van der Waals surface area contributed by atoms with Crippen LogP contribution < -0.4 is 5.32 Å². The van der Waals surface area contributed by atoms with E-state index in [-0.39, 0.29) is 16.9 Å². The Kier molecular flexibility index (Phi) is 3.74. The van der Waals surface area contributed by atoms with Gasteiger partial charge in [-0.2, -0.15) is 0 Å². The zero-order valence-electron chi connectivity index (χ0n) is 10.6. The number of hydrogen-bond donors (Lipinski definition) is 1. The number of hydrogen-bond acceptors (Lipinski definition) is 3. The van der Waals surface area contributed by atoms with Crippen LogP contribution >= 0.6 is 0 Å². The highest BCUT2D eigenvalue weighted by Crippen LogP contribution is 2.17. The zero-order valence-corrected chi connectivity index (χ0v) is 10.6. The summed E-state index contributed by atoms with van der Waals surface area (Å²) in [7, 11) is 0. The smallest absolute Gasteiger partial charge is 0.269 e. The van der Waals surface area contributed by atoms with Crippen LogP contribution in [-0.2, 0) is 0 Å². The van der Waals surface area contributed by atoms with Gasteiger partial charge in [-0.3, -0.25) is 14.9 Å². The molecule has 0 atom stereocenters. The largest absolute Gasteiger partial charge is 0.319 e. The Morgan fingerprint density at radius 3 is 2.40 bits per heavy atom. The Bertz CT molecular complexity index is 669. The molecule has 0 aliphatic rings. The lowest BCUT2D eigenvalue weighted by Gasteiger charge is -2.07. The molecule has 0 heterocycles. The molecule has 2 aromatic carbocycles. The number of benzene rings is 2. The maximum atomic E-state index is 13.6. The van der Waals surface area contributed by atoms with E-state index < -0.39 is 16.6 Å². The molecule has 0 aromatic heterocycles. The lowest BCUT2D eigenvalue weighted by Crippen LogP contribution is -2.13. The fourth-order valence-electron chi connectivity index (χ4n) is 1.65. The summed E-state index contributed by atoms with van der Waals surface area (Å²) in [5, 5.41) is 12.9. The number of amides is 1. The minimum atomic E-state index is -0.554. The fraction of sp³-hybridized carbons (Fsp3) is 0.0714. The van der Waals surface area contributed by atoms with E-state index >= 15 is 0 Å². The molecule has 0 aliphatic carbocycles. The van der Waals surface area contributed by atoms with Gasteiger partial charge in [0, 0.05) is 17.7 Å². The molecule has 1 amide bonds. The highest BCUT2D eigenvalue weighted by molar-refractivity contribution is 6.04. The number of non-ortho nitro benzene ring substituents is 1. The Hall–Kier alpha value is -2.76. The van der Waals surface area contributed by atoms with Crippen molar-refractivity contribution in [3.05, 3.63) is 69.5 Å². The number of carbonyl (C=O) groups excluding carboxylic acids is 1. The molecule has 1 N–H and O–H groups in total. The number of carbonyl (C=O) groups is 1. The summed E-state index contributed by atoms with van der Waals surface area (Å²) in [5.74, 6) is -1.05. The molecule has 0 saturated carbocycles. The summed E-state index contributed by atoms with van der Waals surface area (Å²) in [6.07, 6.45) is 0. The standard InChI is InChI=1S/C14H11FN2O3/c1-9-2-7-13(12(15)8-9)16-14(18)10-3-5-11(6-4-10)17(19)20/h2-8H,1H3,(H,16,18). The van der Waals surface area contributed by atoms with Crippen LogP contribution in [0.15, 0.2) is 42.5 Å².